The van der Waals surface area contributed by atoms with Crippen LogP contribution in [0.5, 0.6) is 11.5 Å². The molecule has 0 aliphatic heterocycles. The highest BCUT2D eigenvalue weighted by Gasteiger charge is 2.33. The van der Waals surface area contributed by atoms with E-state index in [0.29, 0.717) is 17.7 Å². The van der Waals surface area contributed by atoms with E-state index in [1.54, 1.807) is 31.2 Å². The van der Waals surface area contributed by atoms with E-state index in [-0.39, 0.29) is 42.0 Å². The van der Waals surface area contributed by atoms with Gasteiger partial charge < -0.3 is 19.7 Å². The predicted molar refractivity (Wildman–Crippen MR) is 147 cm³/mol. The average molecular weight is 565 g/mol. The number of amides is 2. The van der Waals surface area contributed by atoms with Gasteiger partial charge in [-0.1, -0.05) is 26.0 Å². The molecule has 13 heteroatoms. The lowest BCUT2D eigenvalue weighted by molar-refractivity contribution is -0.384. The van der Waals surface area contributed by atoms with E-state index in [4.69, 9.17) is 9.47 Å². The number of carbonyl (C=O) groups excluding carboxylic acids is 2. The van der Waals surface area contributed by atoms with Crippen molar-refractivity contribution in [2.24, 2.45) is 0 Å². The molecular weight excluding hydrogens is 528 g/mol. The summed E-state index contributed by atoms with van der Waals surface area (Å²) in [5.41, 5.74) is 0.156. The van der Waals surface area contributed by atoms with Gasteiger partial charge in [-0.15, -0.1) is 0 Å². The van der Waals surface area contributed by atoms with Gasteiger partial charge in [0.05, 0.1) is 25.4 Å². The van der Waals surface area contributed by atoms with Gasteiger partial charge in [0, 0.05) is 24.7 Å². The number of ether oxygens (including phenoxy) is 2. The van der Waals surface area contributed by atoms with E-state index in [1.165, 1.54) is 31.3 Å². The first-order valence-corrected chi connectivity index (χ1v) is 14.2. The van der Waals surface area contributed by atoms with E-state index in [2.05, 4.69) is 5.32 Å². The molecule has 12 nitrogen and oxygen atoms in total. The Hall–Kier alpha value is -3.87. The third-order valence-electron chi connectivity index (χ3n) is 6.22. The average Bonchev–Trinajstić information content (AvgIpc) is 2.90. The summed E-state index contributed by atoms with van der Waals surface area (Å²) >= 11 is 0. The summed E-state index contributed by atoms with van der Waals surface area (Å²) in [6, 6.07) is 9.37. The minimum atomic E-state index is -4.11. The van der Waals surface area contributed by atoms with Crippen LogP contribution >= 0.6 is 0 Å². The van der Waals surface area contributed by atoms with Crippen LogP contribution in [-0.2, 0) is 26.2 Å². The highest BCUT2D eigenvalue weighted by Crippen LogP contribution is 2.34. The Morgan fingerprint density at radius 1 is 1.05 bits per heavy atom. The number of nitrogens with zero attached hydrogens (tertiary/aromatic N) is 3. The van der Waals surface area contributed by atoms with Gasteiger partial charge in [-0.25, -0.2) is 8.42 Å². The van der Waals surface area contributed by atoms with Crippen molar-refractivity contribution in [3.05, 3.63) is 58.1 Å². The largest absolute Gasteiger partial charge is 0.497 e. The number of hydrogen-bond acceptors (Lipinski definition) is 8. The Bertz CT molecular complexity index is 1270. The number of methoxy groups -OCH3 is 2. The number of hydrogen-bond donors (Lipinski definition) is 1. The zero-order valence-electron chi connectivity index (χ0n) is 23.0. The Morgan fingerprint density at radius 3 is 2.18 bits per heavy atom. The number of anilines is 1. The van der Waals surface area contributed by atoms with Crippen LogP contribution in [0.3, 0.4) is 0 Å². The Balaban J connectivity index is 2.55. The first kappa shape index (κ1) is 31.3. The summed E-state index contributed by atoms with van der Waals surface area (Å²) in [6.07, 6.45) is 1.84. The molecule has 0 saturated carbocycles. The van der Waals surface area contributed by atoms with Crippen LogP contribution < -0.4 is 19.1 Å². The molecule has 0 aliphatic carbocycles. The highest BCUT2D eigenvalue weighted by atomic mass is 32.2. The second-order valence-electron chi connectivity index (χ2n) is 8.99. The van der Waals surface area contributed by atoms with Crippen molar-refractivity contribution < 1.29 is 32.4 Å². The van der Waals surface area contributed by atoms with Gasteiger partial charge in [0.2, 0.25) is 21.8 Å². The smallest absolute Gasteiger partial charge is 0.271 e. The van der Waals surface area contributed by atoms with Crippen LogP contribution in [0, 0.1) is 10.1 Å². The molecule has 0 bridgehead atoms. The summed E-state index contributed by atoms with van der Waals surface area (Å²) in [7, 11) is -1.30. The lowest BCUT2D eigenvalue weighted by atomic mass is 10.1. The van der Waals surface area contributed by atoms with Gasteiger partial charge in [0.25, 0.3) is 5.69 Å². The zero-order valence-corrected chi connectivity index (χ0v) is 23.9. The van der Waals surface area contributed by atoms with Crippen molar-refractivity contribution in [2.75, 3.05) is 31.3 Å². The first-order valence-electron chi connectivity index (χ1n) is 12.4. The fourth-order valence-electron chi connectivity index (χ4n) is 3.87. The number of nitro groups is 1. The van der Waals surface area contributed by atoms with E-state index < -0.39 is 33.4 Å². The Labute approximate surface area is 229 Å². The Morgan fingerprint density at radius 2 is 1.69 bits per heavy atom. The molecular formula is C26H36N4O8S. The van der Waals surface area contributed by atoms with Gasteiger partial charge in [-0.2, -0.15) is 0 Å². The van der Waals surface area contributed by atoms with Crippen molar-refractivity contribution >= 4 is 33.2 Å². The molecule has 0 unspecified atom stereocenters. The van der Waals surface area contributed by atoms with E-state index in [1.807, 2.05) is 13.8 Å². The van der Waals surface area contributed by atoms with Crippen LogP contribution in [-0.4, -0.2) is 69.2 Å². The molecule has 0 fully saturated rings. The van der Waals surface area contributed by atoms with Crippen LogP contribution in [0.4, 0.5) is 11.4 Å². The molecule has 0 aromatic heterocycles. The minimum absolute atomic E-state index is 0.0128. The molecule has 0 heterocycles. The molecule has 0 spiro atoms. The van der Waals surface area contributed by atoms with E-state index in [9.17, 15) is 28.1 Å². The molecule has 214 valence electrons. The normalized spacial score (nSPS) is 12.7. The fraction of sp³-hybridized carbons (Fsp3) is 0.462. The topological polar surface area (TPSA) is 148 Å². The monoisotopic (exact) mass is 564 g/mol. The molecule has 2 rings (SSSR count). The van der Waals surface area contributed by atoms with Crippen molar-refractivity contribution in [3.8, 4) is 11.5 Å². The highest BCUT2D eigenvalue weighted by molar-refractivity contribution is 7.92. The maximum Gasteiger partial charge on any atom is 0.271 e. The second-order valence-corrected chi connectivity index (χ2v) is 10.9. The number of nitro benzene ring substituents is 1. The third-order valence-corrected chi connectivity index (χ3v) is 7.35. The molecule has 2 aromatic rings. The van der Waals surface area contributed by atoms with Gasteiger partial charge in [0.15, 0.2) is 0 Å². The summed E-state index contributed by atoms with van der Waals surface area (Å²) in [5, 5.41) is 14.3. The van der Waals surface area contributed by atoms with Crippen molar-refractivity contribution in [3.63, 3.8) is 0 Å². The number of rotatable bonds is 14. The SMILES string of the molecule is CC[C@H](C(=O)N[C@@H](C)CC)N(Cc1ccc(OC)cc1)C(=O)CN(c1cc([N+](=O)[O-])ccc1OC)S(C)(=O)=O. The molecule has 0 saturated heterocycles. The maximum atomic E-state index is 13.8. The molecule has 2 atom stereocenters. The van der Waals surface area contributed by atoms with Crippen molar-refractivity contribution in [1.82, 2.24) is 10.2 Å². The van der Waals surface area contributed by atoms with E-state index >= 15 is 0 Å². The van der Waals surface area contributed by atoms with Gasteiger partial charge in [-0.05, 0) is 43.5 Å². The van der Waals surface area contributed by atoms with Crippen LogP contribution in [0.15, 0.2) is 42.5 Å². The number of benzene rings is 2. The third kappa shape index (κ3) is 8.31. The molecule has 0 radical (unpaired) electrons. The summed E-state index contributed by atoms with van der Waals surface area (Å²) in [6.45, 7) is 4.83. The molecule has 2 aromatic carbocycles. The number of sulfonamides is 1. The van der Waals surface area contributed by atoms with Crippen molar-refractivity contribution in [1.29, 1.82) is 0 Å². The van der Waals surface area contributed by atoms with E-state index in [0.717, 1.165) is 16.6 Å². The Kier molecular flexibility index (Phi) is 11.1. The number of nitrogens with one attached hydrogen (secondary N) is 1. The molecule has 0 aliphatic rings. The van der Waals surface area contributed by atoms with Gasteiger partial charge in [-0.3, -0.25) is 24.0 Å². The van der Waals surface area contributed by atoms with Crippen LogP contribution in [0.2, 0.25) is 0 Å². The maximum absolute atomic E-state index is 13.8. The quantitative estimate of drug-likeness (QED) is 0.272. The second kappa shape index (κ2) is 13.8. The lowest BCUT2D eigenvalue weighted by Gasteiger charge is -2.33. The number of non-ortho nitro benzene ring substituents is 1. The predicted octanol–water partition coefficient (Wildman–Crippen LogP) is 3.10. The standard InChI is InChI=1S/C26H36N4O8S/c1-7-18(3)27-26(32)22(8-2)28(16-19-9-12-21(37-4)13-10-19)25(31)17-29(39(6,35)36)23-15-20(30(33)34)11-14-24(23)38-5/h9-15,18,22H,7-8,16-17H2,1-6H3,(H,27,32)/t18-,22+/m0/s1. The zero-order chi connectivity index (χ0) is 29.3. The van der Waals surface area contributed by atoms with Gasteiger partial charge >= 0.3 is 0 Å². The van der Waals surface area contributed by atoms with Crippen molar-refractivity contribution in [2.45, 2.75) is 52.2 Å². The molecule has 1 N–H and O–H groups in total. The first-order chi connectivity index (χ1) is 18.4. The number of carbonyl (C=O) groups is 2. The minimum Gasteiger partial charge on any atom is -0.497 e. The van der Waals surface area contributed by atoms with Crippen LogP contribution in [0.1, 0.15) is 39.2 Å². The fourth-order valence-corrected chi connectivity index (χ4v) is 4.71. The summed E-state index contributed by atoms with van der Waals surface area (Å²) in [4.78, 5) is 39.1. The lowest BCUT2D eigenvalue weighted by Crippen LogP contribution is -2.53. The van der Waals surface area contributed by atoms with Gasteiger partial charge in [0.1, 0.15) is 29.8 Å². The summed E-state index contributed by atoms with van der Waals surface area (Å²) in [5.74, 6) is -0.398. The molecule has 39 heavy (non-hydrogen) atoms. The van der Waals surface area contributed by atoms with Crippen LogP contribution in [0.25, 0.3) is 0 Å². The molecule has 2 amide bonds. The summed E-state index contributed by atoms with van der Waals surface area (Å²) < 4.78 is 36.9.